The molecule has 0 fully saturated rings. The zero-order valence-corrected chi connectivity index (χ0v) is 11.3. The minimum Gasteiger partial charge on any atom is -0.377 e. The average Bonchev–Trinajstić information content (AvgIpc) is 2.39. The van der Waals surface area contributed by atoms with Crippen molar-refractivity contribution >= 4 is 17.5 Å². The van der Waals surface area contributed by atoms with Crippen molar-refractivity contribution < 1.29 is 14.7 Å². The van der Waals surface area contributed by atoms with E-state index < -0.39 is 23.2 Å². The molecule has 1 aliphatic rings. The van der Waals surface area contributed by atoms with Crippen LogP contribution in [-0.2, 0) is 9.59 Å². The van der Waals surface area contributed by atoms with Crippen molar-refractivity contribution in [3.8, 4) is 0 Å². The molecule has 1 aromatic rings. The highest BCUT2D eigenvalue weighted by Crippen LogP contribution is 2.27. The number of hydrogen-bond donors (Lipinski definition) is 2. The van der Waals surface area contributed by atoms with E-state index in [0.29, 0.717) is 5.82 Å². The van der Waals surface area contributed by atoms with Gasteiger partial charge < -0.3 is 10.4 Å². The Hall–Kier alpha value is -2.27. The van der Waals surface area contributed by atoms with Crippen LogP contribution in [0, 0.1) is 12.8 Å². The average molecular weight is 272 g/mol. The van der Waals surface area contributed by atoms with Crippen molar-refractivity contribution in [2.24, 2.45) is 5.92 Å². The number of hydrogen-bond acceptors (Lipinski definition) is 4. The largest absolute Gasteiger partial charge is 0.377 e. The van der Waals surface area contributed by atoms with E-state index in [0.717, 1.165) is 5.56 Å². The van der Waals surface area contributed by atoms with E-state index in [1.165, 1.54) is 19.1 Å². The van der Waals surface area contributed by atoms with E-state index in [1.807, 2.05) is 13.0 Å². The molecule has 0 spiro atoms. The summed E-state index contributed by atoms with van der Waals surface area (Å²) >= 11 is 0. The molecule has 20 heavy (non-hydrogen) atoms. The van der Waals surface area contributed by atoms with Crippen LogP contribution in [0.15, 0.2) is 42.6 Å². The highest BCUT2D eigenvalue weighted by molar-refractivity contribution is 6.01. The molecule has 1 aromatic heterocycles. The van der Waals surface area contributed by atoms with E-state index in [4.69, 9.17) is 0 Å². The summed E-state index contributed by atoms with van der Waals surface area (Å²) in [7, 11) is 0. The van der Waals surface area contributed by atoms with Gasteiger partial charge in [0.15, 0.2) is 11.4 Å². The molecule has 2 atom stereocenters. The van der Waals surface area contributed by atoms with Gasteiger partial charge in [-0.15, -0.1) is 0 Å². The molecule has 104 valence electrons. The minimum absolute atomic E-state index is 0.392. The first-order valence-corrected chi connectivity index (χ1v) is 6.26. The fraction of sp³-hybridized carbons (Fsp3) is 0.267. The van der Waals surface area contributed by atoms with Crippen LogP contribution in [0.3, 0.4) is 0 Å². The van der Waals surface area contributed by atoms with Gasteiger partial charge in [0.1, 0.15) is 5.82 Å². The number of nitrogens with zero attached hydrogens (tertiary/aromatic N) is 1. The van der Waals surface area contributed by atoms with E-state index in [-0.39, 0.29) is 0 Å². The predicted molar refractivity (Wildman–Crippen MR) is 75.0 cm³/mol. The zero-order chi connectivity index (χ0) is 14.8. The highest BCUT2D eigenvalue weighted by Gasteiger charge is 2.43. The molecule has 1 heterocycles. The Kier molecular flexibility index (Phi) is 3.81. The molecule has 0 saturated carbocycles. The second-order valence-corrected chi connectivity index (χ2v) is 4.81. The summed E-state index contributed by atoms with van der Waals surface area (Å²) in [6, 6.07) is 3.53. The first-order chi connectivity index (χ1) is 9.43. The first-order valence-electron chi connectivity index (χ1n) is 6.26. The fourth-order valence-electron chi connectivity index (χ4n) is 2.06. The smallest absolute Gasteiger partial charge is 0.236 e. The number of amides is 1. The van der Waals surface area contributed by atoms with Gasteiger partial charge in [0.25, 0.3) is 0 Å². The Morgan fingerprint density at radius 3 is 2.80 bits per heavy atom. The summed E-state index contributed by atoms with van der Waals surface area (Å²) in [4.78, 5) is 27.9. The lowest BCUT2D eigenvalue weighted by molar-refractivity contribution is -0.139. The highest BCUT2D eigenvalue weighted by atomic mass is 16.3. The van der Waals surface area contributed by atoms with Crippen molar-refractivity contribution in [2.75, 3.05) is 5.32 Å². The summed E-state index contributed by atoms with van der Waals surface area (Å²) in [6.45, 7) is 3.14. The maximum Gasteiger partial charge on any atom is 0.236 e. The molecule has 5 heteroatoms. The number of aliphatic hydroxyl groups is 1. The van der Waals surface area contributed by atoms with Gasteiger partial charge in [0.05, 0.1) is 5.92 Å². The molecule has 2 N–H and O–H groups in total. The summed E-state index contributed by atoms with van der Waals surface area (Å²) in [5, 5.41) is 13.0. The lowest BCUT2D eigenvalue weighted by Crippen LogP contribution is -2.48. The van der Waals surface area contributed by atoms with Gasteiger partial charge >= 0.3 is 0 Å². The third kappa shape index (κ3) is 2.67. The number of carbonyl (C=O) groups is 2. The molecule has 2 unspecified atom stereocenters. The summed E-state index contributed by atoms with van der Waals surface area (Å²) in [5.74, 6) is -1.52. The Labute approximate surface area is 117 Å². The fourth-order valence-corrected chi connectivity index (χ4v) is 2.06. The quantitative estimate of drug-likeness (QED) is 0.871. The van der Waals surface area contributed by atoms with Crippen LogP contribution in [0.5, 0.6) is 0 Å². The van der Waals surface area contributed by atoms with Crippen molar-refractivity contribution in [1.29, 1.82) is 0 Å². The maximum atomic E-state index is 12.3. The Morgan fingerprint density at radius 2 is 2.15 bits per heavy atom. The molecule has 0 aliphatic heterocycles. The maximum absolute atomic E-state index is 12.3. The van der Waals surface area contributed by atoms with Gasteiger partial charge in [-0.05, 0) is 37.6 Å². The minimum atomic E-state index is -1.80. The first kappa shape index (κ1) is 14.1. The second-order valence-electron chi connectivity index (χ2n) is 4.81. The van der Waals surface area contributed by atoms with Gasteiger partial charge in [-0.2, -0.15) is 0 Å². The number of aryl methyl sites for hydroxylation is 1. The molecule has 1 aliphatic carbocycles. The molecule has 2 rings (SSSR count). The number of aromatic nitrogens is 1. The normalized spacial score (nSPS) is 24.4. The van der Waals surface area contributed by atoms with E-state index in [2.05, 4.69) is 10.3 Å². The SMILES string of the molecule is CC(=O)C1(O)C=CC=CC1C(=O)Nc1cc(C)ccn1. The number of rotatable bonds is 3. The van der Waals surface area contributed by atoms with Crippen LogP contribution in [0.2, 0.25) is 0 Å². The van der Waals surface area contributed by atoms with Gasteiger partial charge in [-0.25, -0.2) is 4.98 Å². The molecule has 0 bridgehead atoms. The lowest BCUT2D eigenvalue weighted by Gasteiger charge is -2.30. The predicted octanol–water partition coefficient (Wildman–Crippen LogP) is 1.39. The van der Waals surface area contributed by atoms with Crippen LogP contribution in [0.25, 0.3) is 0 Å². The number of nitrogens with one attached hydrogen (secondary N) is 1. The van der Waals surface area contributed by atoms with Crippen LogP contribution >= 0.6 is 0 Å². The van der Waals surface area contributed by atoms with Gasteiger partial charge in [-0.3, -0.25) is 9.59 Å². The van der Waals surface area contributed by atoms with Crippen molar-refractivity contribution in [3.05, 3.63) is 48.2 Å². The second kappa shape index (κ2) is 5.38. The molecule has 1 amide bonds. The van der Waals surface area contributed by atoms with E-state index >= 15 is 0 Å². The topological polar surface area (TPSA) is 79.3 Å². The molecule has 0 saturated heterocycles. The monoisotopic (exact) mass is 272 g/mol. The number of Topliss-reactive ketones (excluding diaryl/α,β-unsaturated/α-hetero) is 1. The Balaban J connectivity index is 2.22. The number of carbonyl (C=O) groups excluding carboxylic acids is 2. The summed E-state index contributed by atoms with van der Waals surface area (Å²) in [5.41, 5.74) is -0.848. The third-order valence-corrected chi connectivity index (χ3v) is 3.25. The standard InChI is InChI=1S/C15H16N2O3/c1-10-6-8-16-13(9-10)17-14(19)12-5-3-4-7-15(12,20)11(2)18/h3-9,12,20H,1-2H3,(H,16,17,19). The molecular formula is C15H16N2O3. The van der Waals surface area contributed by atoms with Crippen molar-refractivity contribution in [2.45, 2.75) is 19.4 Å². The summed E-state index contributed by atoms with van der Waals surface area (Å²) < 4.78 is 0. The lowest BCUT2D eigenvalue weighted by atomic mass is 9.80. The Morgan fingerprint density at radius 1 is 1.40 bits per heavy atom. The number of pyridine rings is 1. The van der Waals surface area contributed by atoms with Crippen LogP contribution in [-0.4, -0.2) is 27.4 Å². The van der Waals surface area contributed by atoms with Crippen molar-refractivity contribution in [1.82, 2.24) is 4.98 Å². The number of ketones is 1. The Bertz CT molecular complexity index is 607. The van der Waals surface area contributed by atoms with Crippen molar-refractivity contribution in [3.63, 3.8) is 0 Å². The van der Waals surface area contributed by atoms with Gasteiger partial charge in [0.2, 0.25) is 5.91 Å². The van der Waals surface area contributed by atoms with E-state index in [9.17, 15) is 14.7 Å². The zero-order valence-electron chi connectivity index (χ0n) is 11.3. The van der Waals surface area contributed by atoms with Gasteiger partial charge in [0, 0.05) is 6.20 Å². The molecule has 5 nitrogen and oxygen atoms in total. The summed E-state index contributed by atoms with van der Waals surface area (Å²) in [6.07, 6.45) is 7.61. The van der Waals surface area contributed by atoms with Crippen LogP contribution in [0.1, 0.15) is 12.5 Å². The molecular weight excluding hydrogens is 256 g/mol. The third-order valence-electron chi connectivity index (χ3n) is 3.25. The van der Waals surface area contributed by atoms with Gasteiger partial charge in [-0.1, -0.05) is 18.2 Å². The number of allylic oxidation sites excluding steroid dienone is 2. The molecule has 0 aromatic carbocycles. The van der Waals surface area contributed by atoms with Crippen LogP contribution in [0.4, 0.5) is 5.82 Å². The molecule has 0 radical (unpaired) electrons. The van der Waals surface area contributed by atoms with Crippen LogP contribution < -0.4 is 5.32 Å². The number of anilines is 1. The van der Waals surface area contributed by atoms with E-state index in [1.54, 1.807) is 24.4 Å².